The molecular weight excluding hydrogens is 432 g/mol. The molecule has 2 fully saturated rings. The molecule has 0 atom stereocenters. The van der Waals surface area contributed by atoms with Crippen LogP contribution in [0.2, 0.25) is 0 Å². The minimum absolute atomic E-state index is 0.0184. The van der Waals surface area contributed by atoms with Gasteiger partial charge < -0.3 is 9.64 Å². The van der Waals surface area contributed by atoms with E-state index < -0.39 is 21.3 Å². The first-order chi connectivity index (χ1) is 15.1. The average Bonchev–Trinajstić information content (AvgIpc) is 3.51. The van der Waals surface area contributed by atoms with Crippen molar-refractivity contribution in [2.45, 2.75) is 43.5 Å². The summed E-state index contributed by atoms with van der Waals surface area (Å²) in [5, 5.41) is 2.21. The van der Waals surface area contributed by atoms with Crippen LogP contribution < -0.4 is 10.1 Å². The molecule has 0 bridgehead atoms. The maximum atomic E-state index is 13.1. The summed E-state index contributed by atoms with van der Waals surface area (Å²) >= 11 is 0. The van der Waals surface area contributed by atoms with Crippen molar-refractivity contribution in [2.24, 2.45) is 5.92 Å². The molecule has 1 N–H and O–H groups in total. The van der Waals surface area contributed by atoms with E-state index in [2.05, 4.69) is 15.3 Å². The van der Waals surface area contributed by atoms with Gasteiger partial charge in [-0.3, -0.25) is 20.1 Å². The third-order valence-electron chi connectivity index (χ3n) is 5.52. The van der Waals surface area contributed by atoms with Gasteiger partial charge in [-0.15, -0.1) is 0 Å². The number of ether oxygens (including phenoxy) is 1. The van der Waals surface area contributed by atoms with Crippen molar-refractivity contribution in [1.29, 1.82) is 0 Å². The topological polar surface area (TPSA) is 119 Å². The molecule has 170 valence electrons. The molecule has 1 saturated heterocycles. The fourth-order valence-electron chi connectivity index (χ4n) is 3.48. The van der Waals surface area contributed by atoms with Crippen molar-refractivity contribution in [1.82, 2.24) is 20.2 Å². The van der Waals surface area contributed by atoms with Crippen molar-refractivity contribution in [2.75, 3.05) is 18.9 Å². The van der Waals surface area contributed by atoms with E-state index in [-0.39, 0.29) is 29.6 Å². The quantitative estimate of drug-likeness (QED) is 0.572. The number of imide groups is 1. The van der Waals surface area contributed by atoms with Gasteiger partial charge in [-0.25, -0.2) is 13.2 Å². The average molecular weight is 459 g/mol. The Labute approximate surface area is 187 Å². The number of hydrogen-bond acceptors (Lipinski definition) is 7. The normalized spacial score (nSPS) is 16.9. The Morgan fingerprint density at radius 3 is 2.59 bits per heavy atom. The third-order valence-corrected chi connectivity index (χ3v) is 7.59. The van der Waals surface area contributed by atoms with Crippen LogP contribution in [0.1, 0.15) is 38.1 Å². The standard InChI is InChI=1S/C22H26N4O5S/c1-22(2,19-10-23-16(9-24-19)11-26-12-20(27)25-21(26)28)14-32(29,30)18-5-3-4-17(8-18)31-13-15-6-7-15/h3-5,8-10,15H,6-7,11-14H2,1-2H3,(H,25,27,28). The molecule has 0 spiro atoms. The van der Waals surface area contributed by atoms with E-state index in [1.54, 1.807) is 38.1 Å². The van der Waals surface area contributed by atoms with Gasteiger partial charge in [0, 0.05) is 11.6 Å². The van der Waals surface area contributed by atoms with Crippen LogP contribution in [-0.2, 0) is 26.6 Å². The minimum atomic E-state index is -3.60. The lowest BCUT2D eigenvalue weighted by atomic mass is 9.92. The molecule has 32 heavy (non-hydrogen) atoms. The predicted molar refractivity (Wildman–Crippen MR) is 116 cm³/mol. The van der Waals surface area contributed by atoms with E-state index in [1.165, 1.54) is 17.3 Å². The number of carbonyl (C=O) groups excluding carboxylic acids is 2. The van der Waals surface area contributed by atoms with Crippen LogP contribution in [0.5, 0.6) is 5.75 Å². The largest absolute Gasteiger partial charge is 0.493 e. The fraction of sp³-hybridized carbons (Fsp3) is 0.455. The van der Waals surface area contributed by atoms with E-state index in [0.29, 0.717) is 29.7 Å². The van der Waals surface area contributed by atoms with E-state index in [1.807, 2.05) is 0 Å². The number of nitrogens with one attached hydrogen (secondary N) is 1. The lowest BCUT2D eigenvalue weighted by Gasteiger charge is -2.24. The Kier molecular flexibility index (Phi) is 5.89. The highest BCUT2D eigenvalue weighted by molar-refractivity contribution is 7.91. The summed E-state index contributed by atoms with van der Waals surface area (Å²) in [6.07, 6.45) is 5.35. The summed E-state index contributed by atoms with van der Waals surface area (Å²) in [5.41, 5.74) is 0.238. The highest BCUT2D eigenvalue weighted by Gasteiger charge is 2.32. The second-order valence-corrected chi connectivity index (χ2v) is 11.0. The highest BCUT2D eigenvalue weighted by Crippen LogP contribution is 2.31. The number of amides is 3. The highest BCUT2D eigenvalue weighted by atomic mass is 32.2. The minimum Gasteiger partial charge on any atom is -0.493 e. The number of benzene rings is 1. The number of hydrogen-bond donors (Lipinski definition) is 1. The van der Waals surface area contributed by atoms with Crippen molar-refractivity contribution in [3.63, 3.8) is 0 Å². The first-order valence-electron chi connectivity index (χ1n) is 10.5. The van der Waals surface area contributed by atoms with Gasteiger partial charge in [-0.1, -0.05) is 19.9 Å². The molecule has 1 aliphatic carbocycles. The molecule has 2 aromatic rings. The molecule has 10 heteroatoms. The van der Waals surface area contributed by atoms with Gasteiger partial charge in [-0.05, 0) is 37.0 Å². The van der Waals surface area contributed by atoms with Crippen molar-refractivity contribution >= 4 is 21.8 Å². The molecule has 0 unspecified atom stereocenters. The Morgan fingerprint density at radius 1 is 1.19 bits per heavy atom. The Morgan fingerprint density at radius 2 is 1.97 bits per heavy atom. The van der Waals surface area contributed by atoms with Crippen LogP contribution in [0.15, 0.2) is 41.6 Å². The van der Waals surface area contributed by atoms with Gasteiger partial charge in [0.25, 0.3) is 0 Å². The van der Waals surface area contributed by atoms with Crippen LogP contribution in [0.25, 0.3) is 0 Å². The third kappa shape index (κ3) is 5.24. The number of nitrogens with zero attached hydrogens (tertiary/aromatic N) is 3. The molecule has 1 aromatic heterocycles. The van der Waals surface area contributed by atoms with E-state index in [4.69, 9.17) is 4.74 Å². The number of aromatic nitrogens is 2. The molecule has 2 aliphatic rings. The zero-order valence-electron chi connectivity index (χ0n) is 18.1. The maximum absolute atomic E-state index is 13.1. The number of carbonyl (C=O) groups is 2. The molecule has 1 saturated carbocycles. The monoisotopic (exact) mass is 458 g/mol. The second-order valence-electron chi connectivity index (χ2n) is 8.97. The fourth-order valence-corrected chi connectivity index (χ4v) is 5.33. The van der Waals surface area contributed by atoms with Crippen molar-refractivity contribution < 1.29 is 22.7 Å². The van der Waals surface area contributed by atoms with Crippen LogP contribution in [0, 0.1) is 5.92 Å². The Bertz CT molecular complexity index is 1130. The van der Waals surface area contributed by atoms with Crippen LogP contribution >= 0.6 is 0 Å². The number of rotatable bonds is 9. The van der Waals surface area contributed by atoms with Gasteiger partial charge in [-0.2, -0.15) is 0 Å². The summed E-state index contributed by atoms with van der Waals surface area (Å²) in [6, 6.07) is 6.15. The molecular formula is C22H26N4O5S. The van der Waals surface area contributed by atoms with E-state index in [9.17, 15) is 18.0 Å². The Balaban J connectivity index is 1.44. The molecule has 1 aliphatic heterocycles. The SMILES string of the molecule is CC(C)(CS(=O)(=O)c1cccc(OCC2CC2)c1)c1cnc(CN2CC(=O)NC2=O)cn1. The zero-order chi connectivity index (χ0) is 22.9. The van der Waals surface area contributed by atoms with Gasteiger partial charge in [0.2, 0.25) is 5.91 Å². The first-order valence-corrected chi connectivity index (χ1v) is 12.1. The van der Waals surface area contributed by atoms with Crippen LogP contribution in [-0.4, -0.2) is 54.1 Å². The van der Waals surface area contributed by atoms with E-state index in [0.717, 1.165) is 12.8 Å². The first kappa shape index (κ1) is 22.2. The zero-order valence-corrected chi connectivity index (χ0v) is 18.9. The summed E-state index contributed by atoms with van der Waals surface area (Å²) in [7, 11) is -3.60. The van der Waals surface area contributed by atoms with E-state index >= 15 is 0 Å². The van der Waals surface area contributed by atoms with Gasteiger partial charge in [0.1, 0.15) is 12.3 Å². The second kappa shape index (κ2) is 8.50. The van der Waals surface area contributed by atoms with Gasteiger partial charge in [0.15, 0.2) is 9.84 Å². The van der Waals surface area contributed by atoms with Crippen LogP contribution in [0.3, 0.4) is 0 Å². The molecule has 2 heterocycles. The molecule has 0 radical (unpaired) electrons. The number of sulfone groups is 1. The lowest BCUT2D eigenvalue weighted by Crippen LogP contribution is -2.30. The van der Waals surface area contributed by atoms with Gasteiger partial charge >= 0.3 is 6.03 Å². The summed E-state index contributed by atoms with van der Waals surface area (Å²) in [5.74, 6) is 0.636. The lowest BCUT2D eigenvalue weighted by molar-refractivity contribution is -0.118. The van der Waals surface area contributed by atoms with Crippen LogP contribution in [0.4, 0.5) is 4.79 Å². The Hall–Kier alpha value is -3.01. The predicted octanol–water partition coefficient (Wildman–Crippen LogP) is 2.07. The molecule has 3 amide bonds. The molecule has 4 rings (SSSR count). The summed E-state index contributed by atoms with van der Waals surface area (Å²) in [6.45, 7) is 4.35. The maximum Gasteiger partial charge on any atom is 0.324 e. The van der Waals surface area contributed by atoms with Crippen molar-refractivity contribution in [3.8, 4) is 5.75 Å². The van der Waals surface area contributed by atoms with Crippen molar-refractivity contribution in [3.05, 3.63) is 48.0 Å². The summed E-state index contributed by atoms with van der Waals surface area (Å²) < 4.78 is 31.9. The molecule has 9 nitrogen and oxygen atoms in total. The van der Waals surface area contributed by atoms with Gasteiger partial charge in [0.05, 0.1) is 41.4 Å². The smallest absolute Gasteiger partial charge is 0.324 e. The molecule has 1 aromatic carbocycles. The number of urea groups is 1. The summed E-state index contributed by atoms with van der Waals surface area (Å²) in [4.78, 5) is 33.2.